The Bertz CT molecular complexity index is 838. The molecule has 26 heavy (non-hydrogen) atoms. The minimum atomic E-state index is -1.02. The molecule has 0 unspecified atom stereocenters. The molecule has 2 aromatic rings. The number of rotatable bonds is 4. The van der Waals surface area contributed by atoms with Gasteiger partial charge in [-0.05, 0) is 71.2 Å². The fourth-order valence-electron chi connectivity index (χ4n) is 3.31. The molecule has 1 heterocycles. The summed E-state index contributed by atoms with van der Waals surface area (Å²) in [6.07, 6.45) is 0.452. The van der Waals surface area contributed by atoms with Crippen molar-refractivity contribution < 1.29 is 14.7 Å². The Morgan fingerprint density at radius 1 is 1.23 bits per heavy atom. The van der Waals surface area contributed by atoms with E-state index in [0.717, 1.165) is 15.6 Å². The fraction of sp³-hybridized carbons (Fsp3) is 0.300. The van der Waals surface area contributed by atoms with Crippen molar-refractivity contribution in [1.82, 2.24) is 10.2 Å². The first-order valence-electron chi connectivity index (χ1n) is 8.58. The van der Waals surface area contributed by atoms with Gasteiger partial charge < -0.3 is 15.3 Å². The zero-order chi connectivity index (χ0) is 18.7. The lowest BCUT2D eigenvalue weighted by atomic mass is 9.94. The molecule has 0 spiro atoms. The molecule has 136 valence electrons. The number of amides is 2. The van der Waals surface area contributed by atoms with E-state index in [1.807, 2.05) is 35.2 Å². The molecule has 2 amide bonds. The molecule has 6 heteroatoms. The maximum Gasteiger partial charge on any atom is 0.404 e. The van der Waals surface area contributed by atoms with Crippen LogP contribution in [0.5, 0.6) is 0 Å². The highest BCUT2D eigenvalue weighted by Gasteiger charge is 2.28. The standard InChI is InChI=1S/C20H21IN2O3/c1-13-10-15-4-2-3-5-16(15)12-23(13)19(24)17-7-6-14(11-18(17)21)8-9-22-20(25)26/h2-7,11,13,22H,8-10,12H2,1H3,(H,25,26)/t13-/m1/s1. The summed E-state index contributed by atoms with van der Waals surface area (Å²) in [6, 6.07) is 14.2. The van der Waals surface area contributed by atoms with Crippen molar-refractivity contribution in [2.24, 2.45) is 0 Å². The summed E-state index contributed by atoms with van der Waals surface area (Å²) in [5.74, 6) is 0.0478. The summed E-state index contributed by atoms with van der Waals surface area (Å²) in [4.78, 5) is 25.6. The molecule has 0 saturated carbocycles. The van der Waals surface area contributed by atoms with Gasteiger partial charge in [-0.25, -0.2) is 4.79 Å². The first kappa shape index (κ1) is 18.7. The van der Waals surface area contributed by atoms with E-state index in [-0.39, 0.29) is 11.9 Å². The Morgan fingerprint density at radius 2 is 1.96 bits per heavy atom. The normalized spacial score (nSPS) is 16.1. The second-order valence-corrected chi connectivity index (χ2v) is 7.71. The van der Waals surface area contributed by atoms with Crippen molar-refractivity contribution in [2.75, 3.05) is 6.54 Å². The van der Waals surface area contributed by atoms with Gasteiger partial charge in [-0.2, -0.15) is 0 Å². The number of hydrogen-bond acceptors (Lipinski definition) is 2. The number of carbonyl (C=O) groups excluding carboxylic acids is 1. The third-order valence-corrected chi connectivity index (χ3v) is 5.61. The maximum absolute atomic E-state index is 13.1. The molecular weight excluding hydrogens is 443 g/mol. The van der Waals surface area contributed by atoms with Gasteiger partial charge in [-0.15, -0.1) is 0 Å². The van der Waals surface area contributed by atoms with Crippen LogP contribution in [0.25, 0.3) is 0 Å². The quantitative estimate of drug-likeness (QED) is 0.679. The van der Waals surface area contributed by atoms with Crippen LogP contribution in [0.3, 0.4) is 0 Å². The van der Waals surface area contributed by atoms with Gasteiger partial charge in [0.1, 0.15) is 0 Å². The Balaban J connectivity index is 1.74. The predicted octanol–water partition coefficient (Wildman–Crippen LogP) is 3.69. The molecule has 3 rings (SSSR count). The second kappa shape index (κ2) is 8.07. The monoisotopic (exact) mass is 464 g/mol. The molecule has 1 atom stereocenters. The molecular formula is C20H21IN2O3. The summed E-state index contributed by atoms with van der Waals surface area (Å²) in [5, 5.41) is 11.0. The van der Waals surface area contributed by atoms with Crippen LogP contribution in [0.2, 0.25) is 0 Å². The third-order valence-electron chi connectivity index (χ3n) is 4.72. The number of nitrogens with one attached hydrogen (secondary N) is 1. The zero-order valence-corrected chi connectivity index (χ0v) is 16.7. The van der Waals surface area contributed by atoms with E-state index in [1.54, 1.807) is 0 Å². The summed E-state index contributed by atoms with van der Waals surface area (Å²) in [7, 11) is 0. The Morgan fingerprint density at radius 3 is 2.65 bits per heavy atom. The van der Waals surface area contributed by atoms with Crippen LogP contribution in [0.4, 0.5) is 4.79 Å². The van der Waals surface area contributed by atoms with Crippen LogP contribution in [0, 0.1) is 3.57 Å². The summed E-state index contributed by atoms with van der Waals surface area (Å²) in [5.41, 5.74) is 4.24. The highest BCUT2D eigenvalue weighted by Crippen LogP contribution is 2.26. The van der Waals surface area contributed by atoms with Crippen LogP contribution >= 0.6 is 22.6 Å². The Labute approximate surface area is 166 Å². The van der Waals surface area contributed by atoms with Crippen molar-refractivity contribution in [1.29, 1.82) is 0 Å². The van der Waals surface area contributed by atoms with Gasteiger partial charge in [0.05, 0.1) is 5.56 Å². The average molecular weight is 464 g/mol. The minimum absolute atomic E-state index is 0.0478. The van der Waals surface area contributed by atoms with Gasteiger partial charge in [0.25, 0.3) is 5.91 Å². The van der Waals surface area contributed by atoms with Gasteiger partial charge in [0, 0.05) is 22.7 Å². The number of nitrogens with zero attached hydrogens (tertiary/aromatic N) is 1. The number of fused-ring (bicyclic) bond motifs is 1. The number of hydrogen-bond donors (Lipinski definition) is 2. The van der Waals surface area contributed by atoms with E-state index in [1.165, 1.54) is 11.1 Å². The molecule has 0 bridgehead atoms. The lowest BCUT2D eigenvalue weighted by Gasteiger charge is -2.35. The largest absolute Gasteiger partial charge is 0.465 e. The van der Waals surface area contributed by atoms with E-state index < -0.39 is 6.09 Å². The van der Waals surface area contributed by atoms with Crippen LogP contribution in [-0.4, -0.2) is 34.6 Å². The molecule has 5 nitrogen and oxygen atoms in total. The van der Waals surface area contributed by atoms with Gasteiger partial charge in [-0.3, -0.25) is 4.79 Å². The number of halogens is 1. The lowest BCUT2D eigenvalue weighted by Crippen LogP contribution is -2.42. The smallest absolute Gasteiger partial charge is 0.404 e. The van der Waals surface area contributed by atoms with Crippen molar-refractivity contribution in [3.8, 4) is 0 Å². The molecule has 0 radical (unpaired) electrons. The molecule has 2 aromatic carbocycles. The molecule has 0 saturated heterocycles. The summed E-state index contributed by atoms with van der Waals surface area (Å²) >= 11 is 2.19. The van der Waals surface area contributed by atoms with E-state index in [2.05, 4.69) is 47.0 Å². The van der Waals surface area contributed by atoms with Gasteiger partial charge in [-0.1, -0.05) is 30.3 Å². The summed E-state index contributed by atoms with van der Waals surface area (Å²) in [6.45, 7) is 3.09. The van der Waals surface area contributed by atoms with Gasteiger partial charge in [0.15, 0.2) is 0 Å². The van der Waals surface area contributed by atoms with E-state index in [0.29, 0.717) is 25.1 Å². The van der Waals surface area contributed by atoms with Gasteiger partial charge in [0.2, 0.25) is 0 Å². The van der Waals surface area contributed by atoms with Crippen molar-refractivity contribution in [3.63, 3.8) is 0 Å². The minimum Gasteiger partial charge on any atom is -0.465 e. The first-order valence-corrected chi connectivity index (χ1v) is 9.66. The van der Waals surface area contributed by atoms with E-state index >= 15 is 0 Å². The molecule has 1 aliphatic rings. The molecule has 1 aliphatic heterocycles. The maximum atomic E-state index is 13.1. The number of carboxylic acid groups (broad SMARTS) is 1. The number of benzene rings is 2. The van der Waals surface area contributed by atoms with E-state index in [9.17, 15) is 9.59 Å². The average Bonchev–Trinajstić information content (AvgIpc) is 2.60. The highest BCUT2D eigenvalue weighted by atomic mass is 127. The van der Waals surface area contributed by atoms with Gasteiger partial charge >= 0.3 is 6.09 Å². The topological polar surface area (TPSA) is 69.6 Å². The molecule has 2 N–H and O–H groups in total. The van der Waals surface area contributed by atoms with Crippen molar-refractivity contribution >= 4 is 34.6 Å². The Kier molecular flexibility index (Phi) is 5.80. The molecule has 0 fully saturated rings. The predicted molar refractivity (Wildman–Crippen MR) is 108 cm³/mol. The summed E-state index contributed by atoms with van der Waals surface area (Å²) < 4.78 is 0.895. The van der Waals surface area contributed by atoms with E-state index in [4.69, 9.17) is 5.11 Å². The molecule has 0 aliphatic carbocycles. The Hall–Kier alpha value is -2.09. The van der Waals surface area contributed by atoms with Crippen molar-refractivity contribution in [2.45, 2.75) is 32.4 Å². The SMILES string of the molecule is C[C@@H]1Cc2ccccc2CN1C(=O)c1ccc(CCNC(=O)O)cc1I. The van der Waals surface area contributed by atoms with Crippen LogP contribution < -0.4 is 5.32 Å². The first-order chi connectivity index (χ1) is 12.5. The molecule has 0 aromatic heterocycles. The van der Waals surface area contributed by atoms with Crippen molar-refractivity contribution in [3.05, 3.63) is 68.3 Å². The lowest BCUT2D eigenvalue weighted by molar-refractivity contribution is 0.0657. The van der Waals surface area contributed by atoms with Crippen LogP contribution in [0.1, 0.15) is 34.0 Å². The zero-order valence-electron chi connectivity index (χ0n) is 14.5. The number of carbonyl (C=O) groups is 2. The fourth-order valence-corrected chi connectivity index (χ4v) is 4.12. The highest BCUT2D eigenvalue weighted by molar-refractivity contribution is 14.1. The third kappa shape index (κ3) is 4.17. The van der Waals surface area contributed by atoms with Crippen LogP contribution in [-0.2, 0) is 19.4 Å². The van der Waals surface area contributed by atoms with Crippen LogP contribution in [0.15, 0.2) is 42.5 Å². The second-order valence-electron chi connectivity index (χ2n) is 6.55.